The molecule has 1 atom stereocenters. The van der Waals surface area contributed by atoms with Gasteiger partial charge in [0.05, 0.1) is 11.7 Å². The molecule has 0 bridgehead atoms. The van der Waals surface area contributed by atoms with Crippen LogP contribution in [-0.4, -0.2) is 39.4 Å². The maximum Gasteiger partial charge on any atom is 0.100 e. The van der Waals surface area contributed by atoms with Crippen LogP contribution in [0.1, 0.15) is 50.7 Å². The second kappa shape index (κ2) is 5.41. The summed E-state index contributed by atoms with van der Waals surface area (Å²) in [5, 5.41) is 15.1. The highest BCUT2D eigenvalue weighted by atomic mass is 16.3. The molecule has 1 aromatic rings. The van der Waals surface area contributed by atoms with Gasteiger partial charge in [-0.15, -0.1) is 0 Å². The van der Waals surface area contributed by atoms with Crippen molar-refractivity contribution >= 4 is 0 Å². The summed E-state index contributed by atoms with van der Waals surface area (Å²) in [7, 11) is 4.16. The maximum atomic E-state index is 10.8. The van der Waals surface area contributed by atoms with Crippen LogP contribution in [0.3, 0.4) is 0 Å². The smallest absolute Gasteiger partial charge is 0.100 e. The first-order valence-corrected chi connectivity index (χ1v) is 6.98. The first kappa shape index (κ1) is 13.6. The molecule has 1 aliphatic carbocycles. The Bertz CT molecular complexity index is 380. The lowest BCUT2D eigenvalue weighted by molar-refractivity contribution is -0.0336. The third kappa shape index (κ3) is 2.31. The van der Waals surface area contributed by atoms with Crippen LogP contribution in [0.25, 0.3) is 0 Å². The molecule has 0 amide bonds. The monoisotopic (exact) mass is 251 g/mol. The highest BCUT2D eigenvalue weighted by molar-refractivity contribution is 5.16. The number of likely N-dealkylation sites (N-methyl/N-ethyl adjacent to an activating group) is 1. The summed E-state index contributed by atoms with van der Waals surface area (Å²) in [6, 6.07) is 0. The van der Waals surface area contributed by atoms with Gasteiger partial charge in [0.25, 0.3) is 0 Å². The van der Waals surface area contributed by atoms with E-state index >= 15 is 0 Å². The molecular formula is C14H25N3O. The van der Waals surface area contributed by atoms with E-state index in [-0.39, 0.29) is 5.54 Å². The van der Waals surface area contributed by atoms with Crippen molar-refractivity contribution in [2.45, 2.75) is 57.2 Å². The predicted molar refractivity (Wildman–Crippen MR) is 72.4 cm³/mol. The number of nitrogens with zero attached hydrogens (tertiary/aromatic N) is 3. The highest BCUT2D eigenvalue weighted by Crippen LogP contribution is 2.41. The van der Waals surface area contributed by atoms with Gasteiger partial charge in [-0.2, -0.15) is 5.10 Å². The number of rotatable bonds is 4. The van der Waals surface area contributed by atoms with E-state index in [0.717, 1.165) is 24.9 Å². The topological polar surface area (TPSA) is 41.3 Å². The predicted octanol–water partition coefficient (Wildman–Crippen LogP) is 2.20. The molecule has 1 saturated carbocycles. The molecule has 4 heteroatoms. The quantitative estimate of drug-likeness (QED) is 0.892. The van der Waals surface area contributed by atoms with E-state index in [1.54, 1.807) is 0 Å². The second-order valence-corrected chi connectivity index (χ2v) is 5.59. The van der Waals surface area contributed by atoms with Gasteiger partial charge in [-0.1, -0.05) is 19.3 Å². The normalized spacial score (nSPS) is 21.2. The first-order valence-electron chi connectivity index (χ1n) is 6.98. The fourth-order valence-corrected chi connectivity index (χ4v) is 3.13. The lowest BCUT2D eigenvalue weighted by Crippen LogP contribution is -2.50. The van der Waals surface area contributed by atoms with Crippen LogP contribution < -0.4 is 0 Å². The molecule has 0 saturated heterocycles. The third-order valence-electron chi connectivity index (χ3n) is 4.41. The number of hydrogen-bond donors (Lipinski definition) is 1. The van der Waals surface area contributed by atoms with Gasteiger partial charge in [0.15, 0.2) is 0 Å². The Morgan fingerprint density at radius 1 is 1.39 bits per heavy atom. The van der Waals surface area contributed by atoms with Gasteiger partial charge in [-0.05, 0) is 33.9 Å². The summed E-state index contributed by atoms with van der Waals surface area (Å²) in [6.07, 6.45) is 9.19. The van der Waals surface area contributed by atoms with Crippen LogP contribution in [0.15, 0.2) is 12.4 Å². The average molecular weight is 251 g/mol. The van der Waals surface area contributed by atoms with E-state index in [2.05, 4.69) is 31.0 Å². The van der Waals surface area contributed by atoms with Crippen LogP contribution >= 0.6 is 0 Å². The standard InChI is InChI=1S/C14H25N3O/c1-4-17-11-12(10-15-17)13(18)14(16(2)3)8-6-5-7-9-14/h10-11,13,18H,4-9H2,1-3H3. The van der Waals surface area contributed by atoms with Crippen molar-refractivity contribution in [3.05, 3.63) is 18.0 Å². The molecule has 2 rings (SSSR count). The minimum atomic E-state index is -0.437. The minimum Gasteiger partial charge on any atom is -0.386 e. The first-order chi connectivity index (χ1) is 8.60. The molecule has 18 heavy (non-hydrogen) atoms. The molecule has 1 aromatic heterocycles. The zero-order chi connectivity index (χ0) is 13.2. The molecule has 102 valence electrons. The zero-order valence-electron chi connectivity index (χ0n) is 11.8. The number of aliphatic hydroxyl groups excluding tert-OH is 1. The van der Waals surface area contributed by atoms with Crippen molar-refractivity contribution in [1.29, 1.82) is 0 Å². The largest absolute Gasteiger partial charge is 0.386 e. The zero-order valence-corrected chi connectivity index (χ0v) is 11.8. The van der Waals surface area contributed by atoms with Gasteiger partial charge < -0.3 is 10.0 Å². The maximum absolute atomic E-state index is 10.8. The second-order valence-electron chi connectivity index (χ2n) is 5.59. The number of aliphatic hydroxyl groups is 1. The summed E-state index contributed by atoms with van der Waals surface area (Å²) in [5.41, 5.74) is 0.840. The van der Waals surface area contributed by atoms with Crippen molar-refractivity contribution in [2.75, 3.05) is 14.1 Å². The van der Waals surface area contributed by atoms with E-state index in [9.17, 15) is 5.11 Å². The van der Waals surface area contributed by atoms with Crippen LogP contribution in [-0.2, 0) is 6.54 Å². The Morgan fingerprint density at radius 2 is 2.06 bits per heavy atom. The van der Waals surface area contributed by atoms with E-state index in [0.29, 0.717) is 0 Å². The molecule has 4 nitrogen and oxygen atoms in total. The van der Waals surface area contributed by atoms with Gasteiger partial charge in [-0.25, -0.2) is 0 Å². The van der Waals surface area contributed by atoms with Gasteiger partial charge in [0.2, 0.25) is 0 Å². The molecule has 0 aliphatic heterocycles. The summed E-state index contributed by atoms with van der Waals surface area (Å²) >= 11 is 0. The highest BCUT2D eigenvalue weighted by Gasteiger charge is 2.42. The third-order valence-corrected chi connectivity index (χ3v) is 4.41. The van der Waals surface area contributed by atoms with E-state index in [1.807, 2.05) is 17.1 Å². The van der Waals surface area contributed by atoms with Crippen LogP contribution in [0.4, 0.5) is 0 Å². The SMILES string of the molecule is CCn1cc(C(O)C2(N(C)C)CCCCC2)cn1. The molecule has 0 radical (unpaired) electrons. The molecule has 0 spiro atoms. The Morgan fingerprint density at radius 3 is 2.56 bits per heavy atom. The van der Waals surface area contributed by atoms with Crippen LogP contribution in [0.2, 0.25) is 0 Å². The molecule has 0 aromatic carbocycles. The van der Waals surface area contributed by atoms with Gasteiger partial charge in [0.1, 0.15) is 6.10 Å². The Labute approximate surface area is 110 Å². The summed E-state index contributed by atoms with van der Waals surface area (Å²) < 4.78 is 1.88. The summed E-state index contributed by atoms with van der Waals surface area (Å²) in [6.45, 7) is 2.91. The van der Waals surface area contributed by atoms with Crippen molar-refractivity contribution in [3.8, 4) is 0 Å². The molecular weight excluding hydrogens is 226 g/mol. The van der Waals surface area contributed by atoms with E-state index < -0.39 is 6.10 Å². The summed E-state index contributed by atoms with van der Waals surface area (Å²) in [5.74, 6) is 0. The van der Waals surface area contributed by atoms with Crippen LogP contribution in [0.5, 0.6) is 0 Å². The Balaban J connectivity index is 2.24. The van der Waals surface area contributed by atoms with Crippen LogP contribution in [0, 0.1) is 0 Å². The van der Waals surface area contributed by atoms with Gasteiger partial charge >= 0.3 is 0 Å². The molecule has 1 aliphatic rings. The molecule has 1 N–H and O–H groups in total. The van der Waals surface area contributed by atoms with Gasteiger partial charge in [0, 0.05) is 18.3 Å². The van der Waals surface area contributed by atoms with Crippen molar-refractivity contribution in [2.24, 2.45) is 0 Å². The number of aryl methyl sites for hydroxylation is 1. The van der Waals surface area contributed by atoms with Gasteiger partial charge in [-0.3, -0.25) is 4.68 Å². The van der Waals surface area contributed by atoms with Crippen molar-refractivity contribution in [1.82, 2.24) is 14.7 Å². The average Bonchev–Trinajstić information content (AvgIpc) is 2.87. The number of aromatic nitrogens is 2. The Hall–Kier alpha value is -0.870. The lowest BCUT2D eigenvalue weighted by atomic mass is 9.75. The molecule has 1 unspecified atom stereocenters. The van der Waals surface area contributed by atoms with E-state index in [1.165, 1.54) is 19.3 Å². The number of hydrogen-bond acceptors (Lipinski definition) is 3. The lowest BCUT2D eigenvalue weighted by Gasteiger charge is -2.46. The fourth-order valence-electron chi connectivity index (χ4n) is 3.13. The fraction of sp³-hybridized carbons (Fsp3) is 0.786. The minimum absolute atomic E-state index is 0.111. The molecule has 1 fully saturated rings. The Kier molecular flexibility index (Phi) is 4.07. The molecule has 1 heterocycles. The van der Waals surface area contributed by atoms with Crippen molar-refractivity contribution in [3.63, 3.8) is 0 Å². The summed E-state index contributed by atoms with van der Waals surface area (Å²) in [4.78, 5) is 2.21. The van der Waals surface area contributed by atoms with E-state index in [4.69, 9.17) is 0 Å². The van der Waals surface area contributed by atoms with Crippen molar-refractivity contribution < 1.29 is 5.11 Å².